The van der Waals surface area contributed by atoms with Crippen molar-refractivity contribution in [1.29, 1.82) is 0 Å². The molecule has 0 amide bonds. The van der Waals surface area contributed by atoms with Crippen LogP contribution >= 0.6 is 0 Å². The molecule has 0 saturated carbocycles. The van der Waals surface area contributed by atoms with Crippen molar-refractivity contribution in [3.05, 3.63) is 0 Å². The molecular formula is C10H22N2O. The maximum absolute atomic E-state index is 5.44. The summed E-state index contributed by atoms with van der Waals surface area (Å²) in [7, 11) is 0. The van der Waals surface area contributed by atoms with Crippen LogP contribution in [0, 0.1) is 0 Å². The molecule has 0 atom stereocenters. The molecule has 0 aromatic carbocycles. The Morgan fingerprint density at radius 2 is 2.00 bits per heavy atom. The summed E-state index contributed by atoms with van der Waals surface area (Å²) in [5, 5.41) is 0. The molecule has 1 saturated heterocycles. The Labute approximate surface area is 81.2 Å². The normalized spacial score (nSPS) is 20.1. The van der Waals surface area contributed by atoms with Gasteiger partial charge in [0.05, 0.1) is 6.61 Å². The fourth-order valence-electron chi connectivity index (χ4n) is 1.68. The second-order valence-electron chi connectivity index (χ2n) is 3.66. The minimum Gasteiger partial charge on any atom is -0.380 e. The van der Waals surface area contributed by atoms with Crippen molar-refractivity contribution in [2.75, 3.05) is 39.4 Å². The molecule has 1 aliphatic rings. The first-order valence-electron chi connectivity index (χ1n) is 5.43. The van der Waals surface area contributed by atoms with Gasteiger partial charge in [-0.05, 0) is 32.4 Å². The van der Waals surface area contributed by atoms with Gasteiger partial charge in [-0.25, -0.2) is 0 Å². The fraction of sp³-hybridized carbons (Fsp3) is 1.00. The summed E-state index contributed by atoms with van der Waals surface area (Å²) in [6.07, 6.45) is 4.92. The summed E-state index contributed by atoms with van der Waals surface area (Å²) in [6, 6.07) is 0. The molecule has 0 spiro atoms. The molecule has 13 heavy (non-hydrogen) atoms. The highest BCUT2D eigenvalue weighted by Crippen LogP contribution is 2.02. The number of hydrogen-bond acceptors (Lipinski definition) is 3. The zero-order valence-electron chi connectivity index (χ0n) is 8.50. The fourth-order valence-corrected chi connectivity index (χ4v) is 1.68. The van der Waals surface area contributed by atoms with Gasteiger partial charge in [0, 0.05) is 19.7 Å². The molecule has 1 rings (SSSR count). The molecule has 0 aliphatic carbocycles. The minimum atomic E-state index is 0.836. The monoisotopic (exact) mass is 186 g/mol. The maximum Gasteiger partial charge on any atom is 0.0593 e. The Morgan fingerprint density at radius 1 is 1.08 bits per heavy atom. The molecule has 0 radical (unpaired) electrons. The van der Waals surface area contributed by atoms with Gasteiger partial charge in [-0.1, -0.05) is 6.42 Å². The average molecular weight is 186 g/mol. The van der Waals surface area contributed by atoms with E-state index in [0.29, 0.717) is 0 Å². The minimum absolute atomic E-state index is 0.836. The molecular weight excluding hydrogens is 164 g/mol. The molecule has 1 heterocycles. The molecule has 0 aromatic heterocycles. The quantitative estimate of drug-likeness (QED) is 0.647. The Morgan fingerprint density at radius 3 is 2.85 bits per heavy atom. The number of nitrogens with two attached hydrogens (primary N) is 1. The van der Waals surface area contributed by atoms with Crippen molar-refractivity contribution in [1.82, 2.24) is 4.90 Å². The Balaban J connectivity index is 1.98. The van der Waals surface area contributed by atoms with Crippen LogP contribution in [0.4, 0.5) is 0 Å². The van der Waals surface area contributed by atoms with Gasteiger partial charge in [0.15, 0.2) is 0 Å². The molecule has 0 unspecified atom stereocenters. The van der Waals surface area contributed by atoms with Gasteiger partial charge in [-0.15, -0.1) is 0 Å². The van der Waals surface area contributed by atoms with E-state index < -0.39 is 0 Å². The first-order valence-corrected chi connectivity index (χ1v) is 5.43. The van der Waals surface area contributed by atoms with Crippen molar-refractivity contribution >= 4 is 0 Å². The molecule has 3 nitrogen and oxygen atoms in total. The Bertz CT molecular complexity index is 111. The number of nitrogens with zero attached hydrogens (tertiary/aromatic N) is 1. The molecule has 0 aromatic rings. The number of ether oxygens (including phenoxy) is 1. The lowest BCUT2D eigenvalue weighted by Crippen LogP contribution is -2.27. The number of hydrogen-bond donors (Lipinski definition) is 1. The van der Waals surface area contributed by atoms with Gasteiger partial charge in [0.25, 0.3) is 0 Å². The summed E-state index contributed by atoms with van der Waals surface area (Å²) in [6.45, 7) is 6.24. The Kier molecular flexibility index (Phi) is 6.15. The molecule has 78 valence electrons. The second-order valence-corrected chi connectivity index (χ2v) is 3.66. The van der Waals surface area contributed by atoms with Crippen LogP contribution in [0.15, 0.2) is 0 Å². The van der Waals surface area contributed by atoms with Crippen molar-refractivity contribution < 1.29 is 4.74 Å². The van der Waals surface area contributed by atoms with Crippen LogP contribution in [-0.2, 0) is 4.74 Å². The summed E-state index contributed by atoms with van der Waals surface area (Å²) in [5.41, 5.74) is 5.44. The van der Waals surface area contributed by atoms with E-state index in [9.17, 15) is 0 Å². The van der Waals surface area contributed by atoms with Gasteiger partial charge in [-0.3, -0.25) is 0 Å². The van der Waals surface area contributed by atoms with Crippen molar-refractivity contribution in [3.8, 4) is 0 Å². The third-order valence-electron chi connectivity index (χ3n) is 2.49. The first-order chi connectivity index (χ1) is 6.43. The van der Waals surface area contributed by atoms with E-state index in [4.69, 9.17) is 10.5 Å². The summed E-state index contributed by atoms with van der Waals surface area (Å²) in [4.78, 5) is 2.50. The largest absolute Gasteiger partial charge is 0.380 e. The van der Waals surface area contributed by atoms with E-state index in [2.05, 4.69) is 4.90 Å². The topological polar surface area (TPSA) is 38.5 Å². The average Bonchev–Trinajstić information content (AvgIpc) is 2.41. The highest BCUT2D eigenvalue weighted by molar-refractivity contribution is 4.61. The van der Waals surface area contributed by atoms with Gasteiger partial charge in [-0.2, -0.15) is 0 Å². The standard InChI is InChI=1S/C10H22N2O/c11-5-2-1-3-6-12-7-4-9-13-10-8-12/h1-11H2. The van der Waals surface area contributed by atoms with E-state index in [0.717, 1.165) is 26.3 Å². The highest BCUT2D eigenvalue weighted by atomic mass is 16.5. The summed E-state index contributed by atoms with van der Waals surface area (Å²) >= 11 is 0. The maximum atomic E-state index is 5.44. The van der Waals surface area contributed by atoms with Crippen molar-refractivity contribution in [3.63, 3.8) is 0 Å². The molecule has 0 bridgehead atoms. The Hall–Kier alpha value is -0.120. The molecule has 1 aliphatic heterocycles. The van der Waals surface area contributed by atoms with E-state index in [1.165, 1.54) is 38.8 Å². The number of rotatable bonds is 5. The van der Waals surface area contributed by atoms with Crippen LogP contribution in [0.2, 0.25) is 0 Å². The van der Waals surface area contributed by atoms with E-state index in [-0.39, 0.29) is 0 Å². The predicted octanol–water partition coefficient (Wildman–Crippen LogP) is 0.838. The lowest BCUT2D eigenvalue weighted by molar-refractivity contribution is 0.141. The highest BCUT2D eigenvalue weighted by Gasteiger charge is 2.07. The first kappa shape index (κ1) is 11.0. The van der Waals surface area contributed by atoms with Crippen LogP contribution in [0.1, 0.15) is 25.7 Å². The SMILES string of the molecule is NCCCCCN1CCCOCC1. The predicted molar refractivity (Wildman–Crippen MR) is 54.8 cm³/mol. The van der Waals surface area contributed by atoms with Crippen molar-refractivity contribution in [2.45, 2.75) is 25.7 Å². The van der Waals surface area contributed by atoms with E-state index >= 15 is 0 Å². The summed E-state index contributed by atoms with van der Waals surface area (Å²) < 4.78 is 5.39. The number of unbranched alkanes of at least 4 members (excludes halogenated alkanes) is 2. The smallest absolute Gasteiger partial charge is 0.0593 e. The van der Waals surface area contributed by atoms with E-state index in [1.807, 2.05) is 0 Å². The van der Waals surface area contributed by atoms with Gasteiger partial charge < -0.3 is 15.4 Å². The third kappa shape index (κ3) is 5.24. The van der Waals surface area contributed by atoms with Gasteiger partial charge in [0.2, 0.25) is 0 Å². The molecule has 1 fully saturated rings. The van der Waals surface area contributed by atoms with Crippen LogP contribution in [0.3, 0.4) is 0 Å². The third-order valence-corrected chi connectivity index (χ3v) is 2.49. The van der Waals surface area contributed by atoms with Crippen LogP contribution in [0.5, 0.6) is 0 Å². The zero-order valence-corrected chi connectivity index (χ0v) is 8.50. The van der Waals surface area contributed by atoms with Gasteiger partial charge >= 0.3 is 0 Å². The van der Waals surface area contributed by atoms with Crippen LogP contribution in [0.25, 0.3) is 0 Å². The van der Waals surface area contributed by atoms with Crippen LogP contribution in [-0.4, -0.2) is 44.3 Å². The van der Waals surface area contributed by atoms with Crippen LogP contribution < -0.4 is 5.73 Å². The lowest BCUT2D eigenvalue weighted by Gasteiger charge is -2.18. The van der Waals surface area contributed by atoms with Crippen molar-refractivity contribution in [2.24, 2.45) is 5.73 Å². The zero-order chi connectivity index (χ0) is 9.36. The second kappa shape index (κ2) is 7.30. The summed E-state index contributed by atoms with van der Waals surface area (Å²) in [5.74, 6) is 0. The van der Waals surface area contributed by atoms with Gasteiger partial charge in [0.1, 0.15) is 0 Å². The lowest BCUT2D eigenvalue weighted by atomic mass is 10.2. The van der Waals surface area contributed by atoms with E-state index in [1.54, 1.807) is 0 Å². The molecule has 2 N–H and O–H groups in total. The molecule has 3 heteroatoms.